The van der Waals surface area contributed by atoms with Gasteiger partial charge in [0.15, 0.2) is 0 Å². The standard InChI is InChI=1S/C34H31FN8OS/c35-25-12-17-42(21-25)16-11-23-5-3-7-26(19-23)37-33-36-14-10-29(40-33)32-31(41-30-9-1-2-15-43(30)32)24-6-4-8-27(20-24)38-34(44)39-28-13-18-45-22-28/h1-10,13-15,18-20,22,25H,11-12,16-17,21H2,(H,36,37,40)(H2,38,39,44)/t25-/m0/s1. The van der Waals surface area contributed by atoms with Gasteiger partial charge in [0.2, 0.25) is 5.95 Å². The molecule has 0 aliphatic carbocycles. The van der Waals surface area contributed by atoms with E-state index in [4.69, 9.17) is 9.97 Å². The first-order valence-electron chi connectivity index (χ1n) is 14.8. The van der Waals surface area contributed by atoms with Crippen molar-refractivity contribution in [3.63, 3.8) is 0 Å². The quantitative estimate of drug-likeness (QED) is 0.155. The highest BCUT2D eigenvalue weighted by atomic mass is 32.1. The molecule has 226 valence electrons. The minimum atomic E-state index is -0.709. The number of hydrogen-bond acceptors (Lipinski definition) is 7. The summed E-state index contributed by atoms with van der Waals surface area (Å²) < 4.78 is 15.6. The lowest BCUT2D eigenvalue weighted by atomic mass is 10.1. The predicted molar refractivity (Wildman–Crippen MR) is 178 cm³/mol. The van der Waals surface area contributed by atoms with Crippen molar-refractivity contribution < 1.29 is 9.18 Å². The van der Waals surface area contributed by atoms with Crippen molar-refractivity contribution >= 4 is 46.0 Å². The number of thiophene rings is 1. The topological polar surface area (TPSA) is 99.5 Å². The van der Waals surface area contributed by atoms with Crippen molar-refractivity contribution in [2.75, 3.05) is 35.6 Å². The minimum Gasteiger partial charge on any atom is -0.324 e. The SMILES string of the molecule is O=C(Nc1ccsc1)Nc1cccc(-c2nc3ccccn3c2-c2ccnc(Nc3cccc(CCN4CC[C@H](F)C4)c3)n2)c1. The monoisotopic (exact) mass is 618 g/mol. The van der Waals surface area contributed by atoms with Gasteiger partial charge in [0.1, 0.15) is 11.8 Å². The van der Waals surface area contributed by atoms with Gasteiger partial charge in [0, 0.05) is 54.3 Å². The van der Waals surface area contributed by atoms with Crippen molar-refractivity contribution in [2.24, 2.45) is 0 Å². The van der Waals surface area contributed by atoms with E-state index >= 15 is 0 Å². The lowest BCUT2D eigenvalue weighted by molar-refractivity contribution is 0.262. The van der Waals surface area contributed by atoms with Crippen molar-refractivity contribution in [1.29, 1.82) is 0 Å². The van der Waals surface area contributed by atoms with Crippen molar-refractivity contribution in [2.45, 2.75) is 19.0 Å². The third-order valence-electron chi connectivity index (χ3n) is 7.72. The van der Waals surface area contributed by atoms with E-state index in [-0.39, 0.29) is 6.03 Å². The molecule has 0 saturated carbocycles. The van der Waals surface area contributed by atoms with Crippen LogP contribution in [0.15, 0.2) is 102 Å². The average molecular weight is 619 g/mol. The van der Waals surface area contributed by atoms with Crippen molar-refractivity contribution in [3.8, 4) is 22.6 Å². The Morgan fingerprint density at radius 3 is 2.71 bits per heavy atom. The summed E-state index contributed by atoms with van der Waals surface area (Å²) in [6, 6.07) is 25.0. The van der Waals surface area contributed by atoms with Crippen LogP contribution in [0.1, 0.15) is 12.0 Å². The minimum absolute atomic E-state index is 0.319. The maximum atomic E-state index is 13.6. The Morgan fingerprint density at radius 1 is 0.956 bits per heavy atom. The number of nitrogens with one attached hydrogen (secondary N) is 3. The zero-order valence-corrected chi connectivity index (χ0v) is 25.2. The highest BCUT2D eigenvalue weighted by Crippen LogP contribution is 2.33. The number of imidazole rings is 1. The fourth-order valence-corrected chi connectivity index (χ4v) is 6.16. The Labute approximate surface area is 263 Å². The highest BCUT2D eigenvalue weighted by molar-refractivity contribution is 7.08. The molecule has 0 radical (unpaired) electrons. The van der Waals surface area contributed by atoms with Crippen LogP contribution in [0, 0.1) is 0 Å². The summed E-state index contributed by atoms with van der Waals surface area (Å²) in [5.41, 5.74) is 7.27. The molecule has 7 rings (SSSR count). The lowest BCUT2D eigenvalue weighted by Crippen LogP contribution is -2.23. The first-order valence-corrected chi connectivity index (χ1v) is 15.8. The molecule has 4 aromatic heterocycles. The van der Waals surface area contributed by atoms with Gasteiger partial charge in [-0.2, -0.15) is 11.3 Å². The molecule has 2 aromatic carbocycles. The summed E-state index contributed by atoms with van der Waals surface area (Å²) in [4.78, 5) is 29.1. The molecule has 1 atom stereocenters. The first kappa shape index (κ1) is 28.6. The largest absolute Gasteiger partial charge is 0.324 e. The van der Waals surface area contributed by atoms with Crippen LogP contribution in [-0.4, -0.2) is 56.1 Å². The van der Waals surface area contributed by atoms with E-state index in [0.29, 0.717) is 30.3 Å². The van der Waals surface area contributed by atoms with Crippen LogP contribution in [0.4, 0.5) is 32.2 Å². The molecule has 3 N–H and O–H groups in total. The second kappa shape index (κ2) is 12.8. The number of likely N-dealkylation sites (tertiary alicyclic amines) is 1. The molecule has 1 saturated heterocycles. The molecule has 1 fully saturated rings. The molecule has 5 heterocycles. The fourth-order valence-electron chi connectivity index (χ4n) is 5.58. The van der Waals surface area contributed by atoms with Crippen molar-refractivity contribution in [1.82, 2.24) is 24.3 Å². The molecular weight excluding hydrogens is 587 g/mol. The van der Waals surface area contributed by atoms with E-state index in [2.05, 4.69) is 38.0 Å². The Balaban J connectivity index is 1.14. The normalized spacial score (nSPS) is 14.9. The smallest absolute Gasteiger partial charge is 0.323 e. The van der Waals surface area contributed by atoms with E-state index < -0.39 is 6.17 Å². The third kappa shape index (κ3) is 6.69. The van der Waals surface area contributed by atoms with E-state index in [0.717, 1.165) is 53.5 Å². The first-order chi connectivity index (χ1) is 22.1. The second-order valence-electron chi connectivity index (χ2n) is 10.9. The summed E-state index contributed by atoms with van der Waals surface area (Å²) in [6.07, 6.45) is 4.45. The molecule has 1 aliphatic rings. The zero-order valence-electron chi connectivity index (χ0n) is 24.4. The Hall–Kier alpha value is -5.13. The number of urea groups is 1. The summed E-state index contributed by atoms with van der Waals surface area (Å²) in [7, 11) is 0. The molecule has 11 heteroatoms. The number of aromatic nitrogens is 4. The van der Waals surface area contributed by atoms with Gasteiger partial charge in [-0.3, -0.25) is 4.40 Å². The van der Waals surface area contributed by atoms with E-state index in [1.807, 2.05) is 88.1 Å². The summed E-state index contributed by atoms with van der Waals surface area (Å²) >= 11 is 1.52. The van der Waals surface area contributed by atoms with Crippen LogP contribution < -0.4 is 16.0 Å². The number of anilines is 4. The number of carbonyl (C=O) groups excluding carboxylic acids is 1. The number of amides is 2. The fraction of sp³-hybridized carbons (Fsp3) is 0.176. The summed E-state index contributed by atoms with van der Waals surface area (Å²) in [6.45, 7) is 2.18. The number of pyridine rings is 1. The zero-order chi connectivity index (χ0) is 30.6. The predicted octanol–water partition coefficient (Wildman–Crippen LogP) is 7.49. The summed E-state index contributed by atoms with van der Waals surface area (Å²) in [5.74, 6) is 0.460. The molecular formula is C34H31FN8OS. The molecule has 0 bridgehead atoms. The van der Waals surface area contributed by atoms with Crippen LogP contribution in [0.3, 0.4) is 0 Å². The number of nitrogens with zero attached hydrogens (tertiary/aromatic N) is 5. The second-order valence-corrected chi connectivity index (χ2v) is 11.7. The van der Waals surface area contributed by atoms with E-state index in [1.165, 1.54) is 16.9 Å². The number of benzene rings is 2. The summed E-state index contributed by atoms with van der Waals surface area (Å²) in [5, 5.41) is 12.9. The Kier molecular flexibility index (Phi) is 8.17. The molecule has 2 amide bonds. The number of halogens is 1. The van der Waals surface area contributed by atoms with Gasteiger partial charge in [-0.05, 0) is 72.3 Å². The number of rotatable bonds is 9. The molecule has 0 spiro atoms. The van der Waals surface area contributed by atoms with Gasteiger partial charge in [0.05, 0.1) is 22.8 Å². The molecule has 9 nitrogen and oxygen atoms in total. The molecule has 1 aliphatic heterocycles. The van der Waals surface area contributed by atoms with Crippen molar-refractivity contribution in [3.05, 3.63) is 108 Å². The Bertz CT molecular complexity index is 1940. The number of fused-ring (bicyclic) bond motifs is 1. The maximum Gasteiger partial charge on any atom is 0.323 e. The van der Waals surface area contributed by atoms with Gasteiger partial charge in [-0.25, -0.2) is 24.1 Å². The van der Waals surface area contributed by atoms with Crippen LogP contribution in [0.2, 0.25) is 0 Å². The highest BCUT2D eigenvalue weighted by Gasteiger charge is 2.21. The van der Waals surface area contributed by atoms with Crippen LogP contribution in [-0.2, 0) is 6.42 Å². The van der Waals surface area contributed by atoms with E-state index in [9.17, 15) is 9.18 Å². The van der Waals surface area contributed by atoms with Crippen LogP contribution in [0.25, 0.3) is 28.3 Å². The van der Waals surface area contributed by atoms with Gasteiger partial charge < -0.3 is 20.9 Å². The van der Waals surface area contributed by atoms with Crippen LogP contribution in [0.5, 0.6) is 0 Å². The van der Waals surface area contributed by atoms with Gasteiger partial charge in [0.25, 0.3) is 0 Å². The molecule has 0 unspecified atom stereocenters. The average Bonchev–Trinajstić information content (AvgIpc) is 3.81. The lowest BCUT2D eigenvalue weighted by Gasteiger charge is -2.15. The number of alkyl halides is 1. The molecule has 45 heavy (non-hydrogen) atoms. The number of carbonyl (C=O) groups is 1. The Morgan fingerprint density at radius 2 is 1.84 bits per heavy atom. The van der Waals surface area contributed by atoms with Gasteiger partial charge >= 0.3 is 6.03 Å². The van der Waals surface area contributed by atoms with Gasteiger partial charge in [-0.15, -0.1) is 0 Å². The number of hydrogen-bond donors (Lipinski definition) is 3. The molecule has 6 aromatic rings. The third-order valence-corrected chi connectivity index (χ3v) is 8.40. The maximum absolute atomic E-state index is 13.6. The van der Waals surface area contributed by atoms with Crippen LogP contribution >= 0.6 is 11.3 Å². The van der Waals surface area contributed by atoms with Gasteiger partial charge in [-0.1, -0.05) is 30.3 Å². The van der Waals surface area contributed by atoms with E-state index in [1.54, 1.807) is 6.20 Å².